The van der Waals surface area contributed by atoms with Crippen LogP contribution >= 0.6 is 0 Å². The van der Waals surface area contributed by atoms with E-state index in [1.807, 2.05) is 36.4 Å². The lowest BCUT2D eigenvalue weighted by Gasteiger charge is -2.17. The predicted octanol–water partition coefficient (Wildman–Crippen LogP) is 2.00. The van der Waals surface area contributed by atoms with Gasteiger partial charge >= 0.3 is 0 Å². The molecule has 3 rings (SSSR count). The summed E-state index contributed by atoms with van der Waals surface area (Å²) in [4.78, 5) is 0.180. The molecule has 0 amide bonds. The molecule has 3 aromatic rings. The minimum Gasteiger partial charge on any atom is -0.360 e. The van der Waals surface area contributed by atoms with E-state index in [0.29, 0.717) is 5.69 Å². The molecule has 0 atom stereocenters. The van der Waals surface area contributed by atoms with E-state index < -0.39 is 10.0 Å². The second-order valence-corrected chi connectivity index (χ2v) is 7.87. The molecule has 10 heteroatoms. The van der Waals surface area contributed by atoms with Crippen LogP contribution in [0.5, 0.6) is 0 Å². The van der Waals surface area contributed by atoms with Gasteiger partial charge in [0.05, 0.1) is 4.90 Å². The number of nitriles is 1. The fourth-order valence-electron chi connectivity index (χ4n) is 2.41. The smallest absolute Gasteiger partial charge is 0.243 e. The zero-order chi connectivity index (χ0) is 20.0. The van der Waals surface area contributed by atoms with E-state index in [1.54, 1.807) is 19.2 Å². The van der Waals surface area contributed by atoms with E-state index in [0.717, 1.165) is 5.56 Å². The van der Waals surface area contributed by atoms with E-state index in [1.165, 1.54) is 22.6 Å². The lowest BCUT2D eigenvalue weighted by molar-refractivity contribution is 0.467. The third-order valence-corrected chi connectivity index (χ3v) is 5.72. The van der Waals surface area contributed by atoms with Crippen LogP contribution in [0.4, 0.5) is 5.69 Å². The number of nitrogens with one attached hydrogen (secondary N) is 2. The average molecular weight is 395 g/mol. The first-order chi connectivity index (χ1) is 13.5. The highest BCUT2D eigenvalue weighted by atomic mass is 32.2. The zero-order valence-corrected chi connectivity index (χ0v) is 15.8. The molecule has 0 bridgehead atoms. The Hall–Kier alpha value is -3.55. The Bertz CT molecular complexity index is 1090. The maximum atomic E-state index is 12.7. The number of hydrogen-bond donors (Lipinski definition) is 2. The van der Waals surface area contributed by atoms with Crippen molar-refractivity contribution < 1.29 is 8.42 Å². The highest BCUT2D eigenvalue weighted by Gasteiger charge is 2.20. The lowest BCUT2D eigenvalue weighted by atomic mass is 10.2. The molecule has 0 fully saturated rings. The first-order valence-electron chi connectivity index (χ1n) is 8.21. The molecule has 0 aliphatic heterocycles. The molecular formula is C18H17N7O2S. The molecule has 142 valence electrons. The van der Waals surface area contributed by atoms with Gasteiger partial charge in [-0.2, -0.15) is 14.8 Å². The lowest BCUT2D eigenvalue weighted by Crippen LogP contribution is -2.26. The van der Waals surface area contributed by atoms with Crippen LogP contribution in [0.15, 0.2) is 65.7 Å². The number of sulfonamides is 1. The van der Waals surface area contributed by atoms with E-state index in [4.69, 9.17) is 5.26 Å². The number of allylic oxidation sites excluding steroid dienone is 1. The zero-order valence-electron chi connectivity index (χ0n) is 14.9. The minimum absolute atomic E-state index is 0.164. The van der Waals surface area contributed by atoms with Crippen molar-refractivity contribution in [3.05, 3.63) is 72.2 Å². The minimum atomic E-state index is -3.62. The Balaban J connectivity index is 1.72. The van der Waals surface area contributed by atoms with Gasteiger partial charge in [-0.05, 0) is 35.0 Å². The molecule has 0 saturated carbocycles. The summed E-state index contributed by atoms with van der Waals surface area (Å²) in [6.45, 7) is 0.280. The van der Waals surface area contributed by atoms with Gasteiger partial charge in [-0.3, -0.25) is 0 Å². The van der Waals surface area contributed by atoms with E-state index in [-0.39, 0.29) is 22.8 Å². The van der Waals surface area contributed by atoms with Crippen molar-refractivity contribution in [1.29, 1.82) is 5.26 Å². The van der Waals surface area contributed by atoms with Gasteiger partial charge in [0.25, 0.3) is 0 Å². The van der Waals surface area contributed by atoms with Crippen LogP contribution in [-0.2, 0) is 16.6 Å². The molecule has 0 spiro atoms. The van der Waals surface area contributed by atoms with Gasteiger partial charge in [0, 0.05) is 25.5 Å². The summed E-state index contributed by atoms with van der Waals surface area (Å²) in [7, 11) is -2.08. The number of tetrazole rings is 1. The third-order valence-electron chi connectivity index (χ3n) is 3.90. The van der Waals surface area contributed by atoms with Crippen molar-refractivity contribution in [1.82, 2.24) is 24.9 Å². The molecule has 28 heavy (non-hydrogen) atoms. The first-order valence-corrected chi connectivity index (χ1v) is 9.65. The molecule has 9 nitrogen and oxygen atoms in total. The molecule has 1 heterocycles. The van der Waals surface area contributed by atoms with Crippen molar-refractivity contribution in [2.45, 2.75) is 11.4 Å². The largest absolute Gasteiger partial charge is 0.360 e. The third kappa shape index (κ3) is 4.40. The predicted molar refractivity (Wildman–Crippen MR) is 103 cm³/mol. The standard InChI is InChI=1S/C18H17N7O2S/c1-25(13-14-5-3-2-4-6-14)28(26,27)17-9-7-16(8-10-17)20-12-15(11-19)18-21-23-24-22-18/h2-10,12,20H,13H2,1H3,(H,21,22,23,24). The summed E-state index contributed by atoms with van der Waals surface area (Å²) in [5.74, 6) is 0.164. The molecule has 0 unspecified atom stereocenters. The monoisotopic (exact) mass is 395 g/mol. The molecule has 0 aliphatic carbocycles. The summed E-state index contributed by atoms with van der Waals surface area (Å²) in [5, 5.41) is 25.2. The highest BCUT2D eigenvalue weighted by molar-refractivity contribution is 7.89. The van der Waals surface area contributed by atoms with E-state index in [9.17, 15) is 8.42 Å². The van der Waals surface area contributed by atoms with Crippen molar-refractivity contribution in [2.75, 3.05) is 12.4 Å². The quantitative estimate of drug-likeness (QED) is 0.586. The number of benzene rings is 2. The van der Waals surface area contributed by atoms with Crippen LogP contribution in [0.25, 0.3) is 5.57 Å². The first kappa shape index (κ1) is 19.2. The summed E-state index contributed by atoms with van der Waals surface area (Å²) in [6, 6.07) is 17.6. The van der Waals surface area contributed by atoms with Crippen LogP contribution in [0.1, 0.15) is 11.4 Å². The fourth-order valence-corrected chi connectivity index (χ4v) is 3.57. The highest BCUT2D eigenvalue weighted by Crippen LogP contribution is 2.19. The number of hydrogen-bond acceptors (Lipinski definition) is 7. The van der Waals surface area contributed by atoms with Gasteiger partial charge in [-0.25, -0.2) is 8.42 Å². The second kappa shape index (κ2) is 8.43. The Morgan fingerprint density at radius 1 is 1.21 bits per heavy atom. The number of H-pyrrole nitrogens is 1. The van der Waals surface area contributed by atoms with Gasteiger partial charge in [-0.15, -0.1) is 10.2 Å². The number of aromatic amines is 1. The van der Waals surface area contributed by atoms with Crippen LogP contribution in [0.2, 0.25) is 0 Å². The van der Waals surface area contributed by atoms with Crippen LogP contribution in [0, 0.1) is 11.3 Å². The number of anilines is 1. The number of nitrogens with zero attached hydrogens (tertiary/aromatic N) is 5. The van der Waals surface area contributed by atoms with Gasteiger partial charge in [-0.1, -0.05) is 30.3 Å². The SMILES string of the molecule is CN(Cc1ccccc1)S(=O)(=O)c1ccc(NC=C(C#N)c2nn[nH]n2)cc1. The summed E-state index contributed by atoms with van der Waals surface area (Å²) < 4.78 is 26.8. The maximum Gasteiger partial charge on any atom is 0.243 e. The van der Waals surface area contributed by atoms with E-state index in [2.05, 4.69) is 25.9 Å². The second-order valence-electron chi connectivity index (χ2n) is 5.82. The molecule has 0 aliphatic rings. The molecular weight excluding hydrogens is 378 g/mol. The van der Waals surface area contributed by atoms with Crippen molar-refractivity contribution in [2.24, 2.45) is 0 Å². The van der Waals surface area contributed by atoms with Crippen molar-refractivity contribution >= 4 is 21.3 Å². The Morgan fingerprint density at radius 3 is 2.54 bits per heavy atom. The normalized spacial score (nSPS) is 12.0. The van der Waals surface area contributed by atoms with E-state index >= 15 is 0 Å². The number of rotatable bonds is 7. The Morgan fingerprint density at radius 2 is 1.93 bits per heavy atom. The van der Waals surface area contributed by atoms with Crippen LogP contribution in [0.3, 0.4) is 0 Å². The molecule has 1 aromatic heterocycles. The maximum absolute atomic E-state index is 12.7. The molecule has 2 aromatic carbocycles. The Kier molecular flexibility index (Phi) is 5.78. The van der Waals surface area contributed by atoms with Crippen LogP contribution < -0.4 is 5.32 Å². The molecule has 0 radical (unpaired) electrons. The van der Waals surface area contributed by atoms with Crippen LogP contribution in [-0.4, -0.2) is 40.4 Å². The van der Waals surface area contributed by atoms with Gasteiger partial charge in [0.1, 0.15) is 11.6 Å². The summed E-state index contributed by atoms with van der Waals surface area (Å²) in [6.07, 6.45) is 1.43. The van der Waals surface area contributed by atoms with Gasteiger partial charge in [0.15, 0.2) is 0 Å². The summed E-state index contributed by atoms with van der Waals surface area (Å²) in [5.41, 5.74) is 1.71. The average Bonchev–Trinajstić information content (AvgIpc) is 3.24. The molecule has 2 N–H and O–H groups in total. The summed E-state index contributed by atoms with van der Waals surface area (Å²) >= 11 is 0. The fraction of sp³-hybridized carbons (Fsp3) is 0.111. The number of aromatic nitrogens is 4. The topological polar surface area (TPSA) is 128 Å². The van der Waals surface area contributed by atoms with Crippen molar-refractivity contribution in [3.63, 3.8) is 0 Å². The van der Waals surface area contributed by atoms with Gasteiger partial charge < -0.3 is 5.32 Å². The molecule has 0 saturated heterocycles. The Labute approximate surface area is 162 Å². The van der Waals surface area contributed by atoms with Crippen molar-refractivity contribution in [3.8, 4) is 6.07 Å². The van der Waals surface area contributed by atoms with Gasteiger partial charge in [0.2, 0.25) is 15.8 Å².